The highest BCUT2D eigenvalue weighted by molar-refractivity contribution is 5.79. The van der Waals surface area contributed by atoms with Gasteiger partial charge < -0.3 is 9.80 Å². The Hall–Kier alpha value is -2.54. The molecule has 29 heavy (non-hydrogen) atoms. The Morgan fingerprint density at radius 1 is 1.14 bits per heavy atom. The van der Waals surface area contributed by atoms with E-state index in [-0.39, 0.29) is 11.5 Å². The molecule has 1 amide bonds. The van der Waals surface area contributed by atoms with Crippen LogP contribution in [-0.2, 0) is 11.3 Å². The van der Waals surface area contributed by atoms with Crippen LogP contribution in [0.5, 0.6) is 0 Å². The average Bonchev–Trinajstić information content (AvgIpc) is 2.76. The predicted molar refractivity (Wildman–Crippen MR) is 111 cm³/mol. The third-order valence-electron chi connectivity index (χ3n) is 6.21. The third kappa shape index (κ3) is 4.72. The molecular weight excluding hydrogens is 366 g/mol. The second-order valence-corrected chi connectivity index (χ2v) is 8.37. The zero-order chi connectivity index (χ0) is 20.2. The van der Waals surface area contributed by atoms with E-state index < -0.39 is 0 Å². The smallest absolute Gasteiger partial charge is 0.253 e. The second-order valence-electron chi connectivity index (χ2n) is 8.37. The molecule has 0 aromatic carbocycles. The molecule has 2 saturated heterocycles. The summed E-state index contributed by atoms with van der Waals surface area (Å²) in [7, 11) is 2.09. The van der Waals surface area contributed by atoms with Crippen molar-refractivity contribution in [2.45, 2.75) is 32.2 Å². The van der Waals surface area contributed by atoms with Crippen LogP contribution in [0.3, 0.4) is 0 Å². The van der Waals surface area contributed by atoms with Crippen molar-refractivity contribution in [2.24, 2.45) is 11.8 Å². The van der Waals surface area contributed by atoms with Gasteiger partial charge in [0, 0.05) is 50.2 Å². The lowest BCUT2D eigenvalue weighted by molar-refractivity contribution is -0.138. The average molecular weight is 396 g/mol. The molecule has 4 heterocycles. The minimum Gasteiger partial charge on any atom is -0.342 e. The van der Waals surface area contributed by atoms with Crippen molar-refractivity contribution < 1.29 is 4.79 Å². The lowest BCUT2D eigenvalue weighted by Crippen LogP contribution is -2.47. The fourth-order valence-electron chi connectivity index (χ4n) is 4.48. The quantitative estimate of drug-likeness (QED) is 0.791. The number of carbonyl (C=O) groups is 1. The summed E-state index contributed by atoms with van der Waals surface area (Å²) in [5, 5.41) is 0. The van der Waals surface area contributed by atoms with Gasteiger partial charge in [-0.1, -0.05) is 0 Å². The Labute approximate surface area is 171 Å². The standard InChI is InChI=1S/C22H29N5O2/c1-25-10-2-3-19(15-25)22(29)26-11-6-17(7-12-26)14-27-16-24-20(13-21(27)28)18-4-8-23-9-5-18/h4-5,8-9,13,16-17,19H,2-3,6-7,10-12,14-15H2,1H3. The van der Waals surface area contributed by atoms with Crippen molar-refractivity contribution in [2.75, 3.05) is 33.2 Å². The molecule has 7 nitrogen and oxygen atoms in total. The molecule has 7 heteroatoms. The van der Waals surface area contributed by atoms with Gasteiger partial charge in [0.05, 0.1) is 17.9 Å². The first-order valence-corrected chi connectivity index (χ1v) is 10.5. The fraction of sp³-hybridized carbons (Fsp3) is 0.545. The number of aromatic nitrogens is 3. The van der Waals surface area contributed by atoms with Crippen molar-refractivity contribution in [3.8, 4) is 11.3 Å². The highest BCUT2D eigenvalue weighted by Crippen LogP contribution is 2.23. The number of nitrogens with zero attached hydrogens (tertiary/aromatic N) is 5. The summed E-state index contributed by atoms with van der Waals surface area (Å²) in [4.78, 5) is 38.1. The van der Waals surface area contributed by atoms with Gasteiger partial charge in [-0.3, -0.25) is 19.1 Å². The molecule has 4 rings (SSSR count). The minimum atomic E-state index is -0.0319. The van der Waals surface area contributed by atoms with Crippen LogP contribution in [0.25, 0.3) is 11.3 Å². The van der Waals surface area contributed by atoms with Gasteiger partial charge in [-0.2, -0.15) is 0 Å². The van der Waals surface area contributed by atoms with E-state index in [0.29, 0.717) is 24.1 Å². The van der Waals surface area contributed by atoms with Gasteiger partial charge in [0.15, 0.2) is 0 Å². The SMILES string of the molecule is CN1CCCC(C(=O)N2CCC(Cn3cnc(-c4ccncc4)cc3=O)CC2)C1. The zero-order valence-corrected chi connectivity index (χ0v) is 17.0. The first kappa shape index (κ1) is 19.8. The van der Waals surface area contributed by atoms with Gasteiger partial charge >= 0.3 is 0 Å². The summed E-state index contributed by atoms with van der Waals surface area (Å²) in [5.41, 5.74) is 1.53. The van der Waals surface area contributed by atoms with Crippen molar-refractivity contribution in [1.82, 2.24) is 24.3 Å². The van der Waals surface area contributed by atoms with Crippen LogP contribution in [0, 0.1) is 11.8 Å². The summed E-state index contributed by atoms with van der Waals surface area (Å²) < 4.78 is 1.70. The molecule has 2 aromatic rings. The molecule has 2 aliphatic rings. The van der Waals surface area contributed by atoms with Crippen LogP contribution in [0.2, 0.25) is 0 Å². The molecule has 0 aliphatic carbocycles. The van der Waals surface area contributed by atoms with Crippen LogP contribution < -0.4 is 5.56 Å². The van der Waals surface area contributed by atoms with E-state index in [1.165, 1.54) is 0 Å². The number of hydrogen-bond donors (Lipinski definition) is 0. The summed E-state index contributed by atoms with van der Waals surface area (Å²) in [6.45, 7) is 4.22. The third-order valence-corrected chi connectivity index (χ3v) is 6.21. The van der Waals surface area contributed by atoms with E-state index >= 15 is 0 Å². The summed E-state index contributed by atoms with van der Waals surface area (Å²) >= 11 is 0. The number of rotatable bonds is 4. The van der Waals surface area contributed by atoms with Crippen molar-refractivity contribution >= 4 is 5.91 Å². The van der Waals surface area contributed by atoms with Gasteiger partial charge in [-0.25, -0.2) is 4.98 Å². The van der Waals surface area contributed by atoms with Crippen LogP contribution in [-0.4, -0.2) is 63.5 Å². The number of hydrogen-bond acceptors (Lipinski definition) is 5. The summed E-state index contributed by atoms with van der Waals surface area (Å²) in [5.74, 6) is 0.868. The topological polar surface area (TPSA) is 71.3 Å². The van der Waals surface area contributed by atoms with Crippen molar-refractivity contribution in [3.05, 3.63) is 47.3 Å². The first-order valence-electron chi connectivity index (χ1n) is 10.5. The highest BCUT2D eigenvalue weighted by Gasteiger charge is 2.30. The summed E-state index contributed by atoms with van der Waals surface area (Å²) in [6, 6.07) is 5.29. The second kappa shape index (κ2) is 8.86. The monoisotopic (exact) mass is 395 g/mol. The number of pyridine rings is 1. The summed E-state index contributed by atoms with van der Waals surface area (Å²) in [6.07, 6.45) is 9.03. The number of piperidine rings is 2. The Morgan fingerprint density at radius 3 is 2.59 bits per heavy atom. The van der Waals surface area contributed by atoms with Gasteiger partial charge in [-0.15, -0.1) is 0 Å². The van der Waals surface area contributed by atoms with E-state index in [0.717, 1.165) is 57.4 Å². The Balaban J connectivity index is 1.33. The maximum Gasteiger partial charge on any atom is 0.253 e. The highest BCUT2D eigenvalue weighted by atomic mass is 16.2. The van der Waals surface area contributed by atoms with Crippen LogP contribution in [0.15, 0.2) is 41.7 Å². The lowest BCUT2D eigenvalue weighted by Gasteiger charge is -2.37. The molecule has 2 fully saturated rings. The Bertz CT molecular complexity index is 890. The lowest BCUT2D eigenvalue weighted by atomic mass is 9.93. The molecule has 154 valence electrons. The molecule has 1 unspecified atom stereocenters. The van der Waals surface area contributed by atoms with Gasteiger partial charge in [0.25, 0.3) is 5.56 Å². The van der Waals surface area contributed by atoms with Crippen LogP contribution in [0.1, 0.15) is 25.7 Å². The van der Waals surface area contributed by atoms with Gasteiger partial charge in [0.2, 0.25) is 5.91 Å². The number of amides is 1. The molecule has 2 aromatic heterocycles. The first-order chi connectivity index (χ1) is 14.1. The van der Waals surface area contributed by atoms with Crippen molar-refractivity contribution in [3.63, 3.8) is 0 Å². The molecule has 0 bridgehead atoms. The van der Waals surface area contributed by atoms with E-state index in [2.05, 4.69) is 21.9 Å². The van der Waals surface area contributed by atoms with E-state index in [4.69, 9.17) is 0 Å². The minimum absolute atomic E-state index is 0.0319. The molecule has 0 spiro atoms. The van der Waals surface area contributed by atoms with Gasteiger partial charge in [0.1, 0.15) is 0 Å². The molecule has 0 radical (unpaired) electrons. The Morgan fingerprint density at radius 2 is 1.90 bits per heavy atom. The predicted octanol–water partition coefficient (Wildman–Crippen LogP) is 1.89. The normalized spacial score (nSPS) is 21.3. The molecule has 2 aliphatic heterocycles. The van der Waals surface area contributed by atoms with Gasteiger partial charge in [-0.05, 0) is 57.3 Å². The Kier molecular flexibility index (Phi) is 6.04. The molecular formula is C22H29N5O2. The largest absolute Gasteiger partial charge is 0.342 e. The van der Waals surface area contributed by atoms with E-state index in [1.54, 1.807) is 29.4 Å². The molecule has 0 N–H and O–H groups in total. The molecule has 1 atom stereocenters. The van der Waals surface area contributed by atoms with E-state index in [1.807, 2.05) is 17.0 Å². The van der Waals surface area contributed by atoms with E-state index in [9.17, 15) is 9.59 Å². The number of likely N-dealkylation sites (tertiary alicyclic amines) is 2. The van der Waals surface area contributed by atoms with Crippen LogP contribution in [0.4, 0.5) is 0 Å². The zero-order valence-electron chi connectivity index (χ0n) is 17.0. The maximum atomic E-state index is 12.8. The molecule has 0 saturated carbocycles. The van der Waals surface area contributed by atoms with Crippen LogP contribution >= 0.6 is 0 Å². The fourth-order valence-corrected chi connectivity index (χ4v) is 4.48. The maximum absolute atomic E-state index is 12.8. The number of carbonyl (C=O) groups excluding carboxylic acids is 1. The van der Waals surface area contributed by atoms with Crippen molar-refractivity contribution in [1.29, 1.82) is 0 Å².